The van der Waals surface area contributed by atoms with Gasteiger partial charge in [0.25, 0.3) is 0 Å². The van der Waals surface area contributed by atoms with Crippen molar-refractivity contribution in [3.05, 3.63) is 29.5 Å². The van der Waals surface area contributed by atoms with Crippen molar-refractivity contribution >= 4 is 5.69 Å². The summed E-state index contributed by atoms with van der Waals surface area (Å²) in [6, 6.07) is 6.15. The quantitative estimate of drug-likeness (QED) is 0.847. The summed E-state index contributed by atoms with van der Waals surface area (Å²) in [5.41, 5.74) is 2.72. The number of fused-ring (bicyclic) bond motifs is 4. The molecule has 2 atom stereocenters. The third-order valence-electron chi connectivity index (χ3n) is 4.71. The Hall–Kier alpha value is -1.84. The van der Waals surface area contributed by atoms with E-state index in [4.69, 9.17) is 14.2 Å². The maximum atomic E-state index is 5.91. The van der Waals surface area contributed by atoms with Gasteiger partial charge in [-0.1, -0.05) is 0 Å². The van der Waals surface area contributed by atoms with Crippen molar-refractivity contribution in [1.29, 1.82) is 0 Å². The van der Waals surface area contributed by atoms with E-state index in [0.717, 1.165) is 31.0 Å². The summed E-state index contributed by atoms with van der Waals surface area (Å²) >= 11 is 0. The molecule has 0 radical (unpaired) electrons. The van der Waals surface area contributed by atoms with Crippen LogP contribution in [0.1, 0.15) is 12.8 Å². The van der Waals surface area contributed by atoms with Crippen molar-refractivity contribution in [2.45, 2.75) is 18.9 Å². The highest BCUT2D eigenvalue weighted by Gasteiger charge is 2.46. The number of ether oxygens (including phenoxy) is 3. The molecule has 0 spiro atoms. The first-order valence-electron chi connectivity index (χ1n) is 7.15. The second kappa shape index (κ2) is 4.33. The maximum Gasteiger partial charge on any atom is 0.162 e. The Morgan fingerprint density at radius 3 is 2.80 bits per heavy atom. The van der Waals surface area contributed by atoms with E-state index < -0.39 is 0 Å². The molecule has 20 heavy (non-hydrogen) atoms. The first kappa shape index (κ1) is 11.9. The van der Waals surface area contributed by atoms with Crippen molar-refractivity contribution < 1.29 is 14.2 Å². The molecule has 1 aromatic carbocycles. The molecule has 3 heterocycles. The molecule has 1 aromatic rings. The third kappa shape index (κ3) is 1.60. The molecule has 2 saturated heterocycles. The monoisotopic (exact) mass is 273 g/mol. The summed E-state index contributed by atoms with van der Waals surface area (Å²) < 4.78 is 16.6. The van der Waals surface area contributed by atoms with Crippen LogP contribution in [-0.2, 0) is 4.74 Å². The van der Waals surface area contributed by atoms with Crippen LogP contribution in [0, 0.1) is 5.92 Å². The Balaban J connectivity index is 1.62. The Labute approximate surface area is 118 Å². The molecule has 0 aromatic heterocycles. The zero-order valence-electron chi connectivity index (χ0n) is 11.9. The predicted octanol–water partition coefficient (Wildman–Crippen LogP) is 2.59. The van der Waals surface area contributed by atoms with E-state index in [1.807, 2.05) is 6.07 Å². The van der Waals surface area contributed by atoms with E-state index >= 15 is 0 Å². The Kier molecular flexibility index (Phi) is 2.59. The number of allylic oxidation sites excluding steroid dienone is 1. The number of methoxy groups -OCH3 is 2. The van der Waals surface area contributed by atoms with E-state index in [1.165, 1.54) is 23.4 Å². The molecule has 106 valence electrons. The molecule has 2 fully saturated rings. The molecule has 0 N–H and O–H groups in total. The highest BCUT2D eigenvalue weighted by atomic mass is 16.5. The van der Waals surface area contributed by atoms with Crippen LogP contribution in [0.2, 0.25) is 0 Å². The van der Waals surface area contributed by atoms with Crippen LogP contribution in [0.25, 0.3) is 0 Å². The first-order chi connectivity index (χ1) is 9.80. The van der Waals surface area contributed by atoms with E-state index in [-0.39, 0.29) is 0 Å². The molecule has 4 heteroatoms. The normalized spacial score (nSPS) is 26.8. The van der Waals surface area contributed by atoms with Gasteiger partial charge >= 0.3 is 0 Å². The molecule has 4 nitrogen and oxygen atoms in total. The van der Waals surface area contributed by atoms with Crippen molar-refractivity contribution in [1.82, 2.24) is 0 Å². The van der Waals surface area contributed by atoms with Gasteiger partial charge in [0.1, 0.15) is 6.10 Å². The van der Waals surface area contributed by atoms with Crippen molar-refractivity contribution in [2.24, 2.45) is 5.92 Å². The molecule has 0 aliphatic carbocycles. The average molecular weight is 273 g/mol. The van der Waals surface area contributed by atoms with Gasteiger partial charge in [-0.05, 0) is 24.1 Å². The fourth-order valence-corrected chi connectivity index (χ4v) is 3.68. The van der Waals surface area contributed by atoms with Crippen LogP contribution in [0.3, 0.4) is 0 Å². The third-order valence-corrected chi connectivity index (χ3v) is 4.71. The second-order valence-corrected chi connectivity index (χ2v) is 5.67. The lowest BCUT2D eigenvalue weighted by molar-refractivity contribution is 0.156. The van der Waals surface area contributed by atoms with Gasteiger partial charge < -0.3 is 19.1 Å². The summed E-state index contributed by atoms with van der Waals surface area (Å²) in [6.45, 7) is 2.05. The number of nitrogens with zero attached hydrogens (tertiary/aromatic N) is 1. The molecule has 0 saturated carbocycles. The van der Waals surface area contributed by atoms with Crippen LogP contribution in [0.15, 0.2) is 29.5 Å². The molecule has 1 unspecified atom stereocenters. The predicted molar refractivity (Wildman–Crippen MR) is 76.4 cm³/mol. The molecule has 3 aliphatic rings. The topological polar surface area (TPSA) is 30.9 Å². The van der Waals surface area contributed by atoms with Gasteiger partial charge in [0, 0.05) is 37.2 Å². The Bertz CT molecular complexity index is 581. The lowest BCUT2D eigenvalue weighted by atomic mass is 9.90. The van der Waals surface area contributed by atoms with Gasteiger partial charge in [0.15, 0.2) is 11.5 Å². The molecule has 0 amide bonds. The van der Waals surface area contributed by atoms with Gasteiger partial charge in [0.05, 0.1) is 20.0 Å². The number of anilines is 1. The Morgan fingerprint density at radius 1 is 1.20 bits per heavy atom. The smallest absolute Gasteiger partial charge is 0.162 e. The molecule has 4 rings (SSSR count). The fourth-order valence-electron chi connectivity index (χ4n) is 3.68. The largest absolute Gasteiger partial charge is 0.494 e. The zero-order valence-corrected chi connectivity index (χ0v) is 11.9. The number of benzene rings is 1. The minimum atomic E-state index is 0.435. The van der Waals surface area contributed by atoms with E-state index in [0.29, 0.717) is 12.0 Å². The number of rotatable bonds is 3. The van der Waals surface area contributed by atoms with Crippen molar-refractivity contribution in [3.63, 3.8) is 0 Å². The summed E-state index contributed by atoms with van der Waals surface area (Å²) in [5, 5.41) is 0. The average Bonchev–Trinajstić information content (AvgIpc) is 3.18. The van der Waals surface area contributed by atoms with Crippen LogP contribution in [0.5, 0.6) is 11.5 Å². The van der Waals surface area contributed by atoms with E-state index in [9.17, 15) is 0 Å². The molecular weight excluding hydrogens is 254 g/mol. The van der Waals surface area contributed by atoms with Gasteiger partial charge in [-0.2, -0.15) is 0 Å². The number of hydrogen-bond donors (Lipinski definition) is 0. The molecule has 3 aliphatic heterocycles. The fraction of sp³-hybridized carbons (Fsp3) is 0.500. The van der Waals surface area contributed by atoms with Gasteiger partial charge in [-0.25, -0.2) is 0 Å². The van der Waals surface area contributed by atoms with Gasteiger partial charge in [-0.15, -0.1) is 0 Å². The zero-order chi connectivity index (χ0) is 13.7. The second-order valence-electron chi connectivity index (χ2n) is 5.67. The van der Waals surface area contributed by atoms with Crippen molar-refractivity contribution in [3.8, 4) is 11.5 Å². The maximum absolute atomic E-state index is 5.91. The highest BCUT2D eigenvalue weighted by Crippen LogP contribution is 2.47. The lowest BCUT2D eigenvalue weighted by Gasteiger charge is -2.21. The van der Waals surface area contributed by atoms with Crippen LogP contribution in [0.4, 0.5) is 5.69 Å². The van der Waals surface area contributed by atoms with Crippen LogP contribution >= 0.6 is 0 Å². The summed E-state index contributed by atoms with van der Waals surface area (Å²) in [5.74, 6) is 3.44. The summed E-state index contributed by atoms with van der Waals surface area (Å²) in [4.78, 5) is 2.42. The highest BCUT2D eigenvalue weighted by molar-refractivity contribution is 5.59. The van der Waals surface area contributed by atoms with E-state index in [1.54, 1.807) is 14.2 Å². The lowest BCUT2D eigenvalue weighted by Crippen LogP contribution is -2.24. The van der Waals surface area contributed by atoms with Crippen LogP contribution < -0.4 is 14.4 Å². The minimum Gasteiger partial charge on any atom is -0.494 e. The van der Waals surface area contributed by atoms with Gasteiger partial charge in [-0.3, -0.25) is 0 Å². The van der Waals surface area contributed by atoms with Crippen molar-refractivity contribution in [2.75, 3.05) is 32.2 Å². The van der Waals surface area contributed by atoms with Crippen LogP contribution in [-0.4, -0.2) is 33.4 Å². The molecule has 2 bridgehead atoms. The SMILES string of the molecule is COc1ccc(N2CC3=C4CC[C@H](O4)C3C2)cc1OC. The van der Waals surface area contributed by atoms with E-state index in [2.05, 4.69) is 17.0 Å². The molecular formula is C16H19NO3. The Morgan fingerprint density at radius 2 is 2.05 bits per heavy atom. The summed E-state index contributed by atoms with van der Waals surface area (Å²) in [6.07, 6.45) is 2.77. The van der Waals surface area contributed by atoms with Gasteiger partial charge in [0.2, 0.25) is 0 Å². The minimum absolute atomic E-state index is 0.435. The first-order valence-corrected chi connectivity index (χ1v) is 7.15. The number of hydrogen-bond acceptors (Lipinski definition) is 4. The summed E-state index contributed by atoms with van der Waals surface area (Å²) in [7, 11) is 3.35. The standard InChI is InChI=1S/C16H19NO3/c1-18-15-4-3-10(7-16(15)19-2)17-8-11-12(9-17)14-6-5-13(11)20-14/h3-4,7,11,13H,5-6,8-9H2,1-2H3/t11?,13-/m0/s1.